The topological polar surface area (TPSA) is 63.7 Å². The molecule has 6 heteroatoms. The van der Waals surface area contributed by atoms with Crippen LogP contribution in [0.25, 0.3) is 0 Å². The highest BCUT2D eigenvalue weighted by molar-refractivity contribution is 5.89. The molecule has 1 aliphatic heterocycles. The molecule has 1 aromatic heterocycles. The van der Waals surface area contributed by atoms with E-state index in [0.717, 1.165) is 5.75 Å². The largest absolute Gasteiger partial charge is 0.486 e. The number of nitrogens with one attached hydrogen (secondary N) is 1. The zero-order valence-corrected chi connectivity index (χ0v) is 12.9. The number of nitrogens with zero attached hydrogens (tertiary/aromatic N) is 2. The molecular weight excluding hydrogens is 294 g/mol. The van der Waals surface area contributed by atoms with Gasteiger partial charge in [0.15, 0.2) is 17.6 Å². The summed E-state index contributed by atoms with van der Waals surface area (Å²) in [5, 5.41) is 2.83. The number of hydrogen-bond donors (Lipinski definition) is 1. The molecule has 0 aliphatic carbocycles. The van der Waals surface area contributed by atoms with Crippen molar-refractivity contribution in [3.05, 3.63) is 48.8 Å². The number of hydrogen-bond acceptors (Lipinski definition) is 4. The summed E-state index contributed by atoms with van der Waals surface area (Å²) in [6.07, 6.45) is 3.09. The van der Waals surface area contributed by atoms with Crippen molar-refractivity contribution in [1.82, 2.24) is 9.88 Å². The molecule has 6 nitrogen and oxygen atoms in total. The number of para-hydroxylation sites is 2. The summed E-state index contributed by atoms with van der Waals surface area (Å²) in [5.41, 5.74) is 0.669. The SMILES string of the molecule is CCN(C[C@@H]1COc2ccccc2O1)C(=O)Nc1cccnc1. The number of carbonyl (C=O) groups excluding carboxylic acids is 1. The Morgan fingerprint density at radius 3 is 2.87 bits per heavy atom. The molecule has 1 N–H and O–H groups in total. The second kappa shape index (κ2) is 7.00. The minimum atomic E-state index is -0.190. The molecule has 120 valence electrons. The summed E-state index contributed by atoms with van der Waals surface area (Å²) in [6.45, 7) is 3.39. The van der Waals surface area contributed by atoms with Crippen molar-refractivity contribution in [3.63, 3.8) is 0 Å². The molecule has 0 spiro atoms. The smallest absolute Gasteiger partial charge is 0.322 e. The molecule has 23 heavy (non-hydrogen) atoms. The number of urea groups is 1. The molecule has 1 atom stereocenters. The van der Waals surface area contributed by atoms with E-state index in [1.165, 1.54) is 0 Å². The third-order valence-electron chi connectivity index (χ3n) is 3.57. The molecule has 0 bridgehead atoms. The number of amides is 2. The number of ether oxygens (including phenoxy) is 2. The van der Waals surface area contributed by atoms with Gasteiger partial charge in [-0.15, -0.1) is 0 Å². The molecule has 0 saturated carbocycles. The number of aromatic nitrogens is 1. The molecule has 3 rings (SSSR count). The van der Waals surface area contributed by atoms with E-state index in [9.17, 15) is 4.79 Å². The van der Waals surface area contributed by atoms with E-state index in [1.807, 2.05) is 31.2 Å². The second-order valence-electron chi connectivity index (χ2n) is 5.21. The summed E-state index contributed by atoms with van der Waals surface area (Å²) in [4.78, 5) is 18.0. The van der Waals surface area contributed by atoms with E-state index < -0.39 is 0 Å². The van der Waals surface area contributed by atoms with Crippen molar-refractivity contribution in [3.8, 4) is 11.5 Å². The molecular formula is C17H19N3O3. The van der Waals surface area contributed by atoms with Crippen LogP contribution in [-0.2, 0) is 0 Å². The highest BCUT2D eigenvalue weighted by atomic mass is 16.6. The molecule has 1 aromatic carbocycles. The van der Waals surface area contributed by atoms with Crippen LogP contribution in [-0.4, -0.2) is 41.7 Å². The fourth-order valence-electron chi connectivity index (χ4n) is 2.39. The van der Waals surface area contributed by atoms with Gasteiger partial charge >= 0.3 is 6.03 Å². The molecule has 2 amide bonds. The Morgan fingerprint density at radius 1 is 1.30 bits per heavy atom. The van der Waals surface area contributed by atoms with Gasteiger partial charge in [0, 0.05) is 12.7 Å². The fraction of sp³-hybridized carbons (Fsp3) is 0.294. The van der Waals surface area contributed by atoms with E-state index in [2.05, 4.69) is 10.3 Å². The molecule has 1 aliphatic rings. The van der Waals surface area contributed by atoms with Gasteiger partial charge in [-0.05, 0) is 31.2 Å². The Balaban J connectivity index is 1.60. The van der Waals surface area contributed by atoms with Gasteiger partial charge in [0.1, 0.15) is 6.61 Å². The van der Waals surface area contributed by atoms with Crippen LogP contribution in [0, 0.1) is 0 Å². The van der Waals surface area contributed by atoms with Crippen LogP contribution < -0.4 is 14.8 Å². The van der Waals surface area contributed by atoms with Gasteiger partial charge in [0.25, 0.3) is 0 Å². The third-order valence-corrected chi connectivity index (χ3v) is 3.57. The number of pyridine rings is 1. The maximum Gasteiger partial charge on any atom is 0.322 e. The lowest BCUT2D eigenvalue weighted by Crippen LogP contribution is -2.45. The predicted octanol–water partition coefficient (Wildman–Crippen LogP) is 2.78. The van der Waals surface area contributed by atoms with Crippen molar-refractivity contribution in [2.45, 2.75) is 13.0 Å². The Hall–Kier alpha value is -2.76. The lowest BCUT2D eigenvalue weighted by atomic mass is 10.2. The van der Waals surface area contributed by atoms with Gasteiger partial charge in [0.2, 0.25) is 0 Å². The highest BCUT2D eigenvalue weighted by Crippen LogP contribution is 2.31. The lowest BCUT2D eigenvalue weighted by molar-refractivity contribution is 0.0693. The van der Waals surface area contributed by atoms with Crippen molar-refractivity contribution in [2.24, 2.45) is 0 Å². The average molecular weight is 313 g/mol. The molecule has 0 unspecified atom stereocenters. The van der Waals surface area contributed by atoms with Gasteiger partial charge in [-0.25, -0.2) is 4.79 Å². The van der Waals surface area contributed by atoms with Crippen molar-refractivity contribution < 1.29 is 14.3 Å². The van der Waals surface area contributed by atoms with E-state index in [0.29, 0.717) is 31.1 Å². The average Bonchev–Trinajstić information content (AvgIpc) is 2.60. The Bertz CT molecular complexity index is 663. The zero-order chi connectivity index (χ0) is 16.1. The van der Waals surface area contributed by atoms with Gasteiger partial charge < -0.3 is 19.7 Å². The van der Waals surface area contributed by atoms with Gasteiger partial charge in [-0.2, -0.15) is 0 Å². The van der Waals surface area contributed by atoms with Gasteiger partial charge in [-0.1, -0.05) is 12.1 Å². The number of rotatable bonds is 4. The minimum absolute atomic E-state index is 0.178. The first-order valence-corrected chi connectivity index (χ1v) is 7.60. The lowest BCUT2D eigenvalue weighted by Gasteiger charge is -2.30. The predicted molar refractivity (Wildman–Crippen MR) is 86.9 cm³/mol. The highest BCUT2D eigenvalue weighted by Gasteiger charge is 2.24. The number of likely N-dealkylation sites (N-methyl/N-ethyl adjacent to an activating group) is 1. The second-order valence-corrected chi connectivity index (χ2v) is 5.21. The monoisotopic (exact) mass is 313 g/mol. The third kappa shape index (κ3) is 3.71. The van der Waals surface area contributed by atoms with Gasteiger partial charge in [0.05, 0.1) is 18.4 Å². The normalized spacial score (nSPS) is 15.8. The number of fused-ring (bicyclic) bond motifs is 1. The fourth-order valence-corrected chi connectivity index (χ4v) is 2.39. The minimum Gasteiger partial charge on any atom is -0.486 e. The summed E-state index contributed by atoms with van der Waals surface area (Å²) >= 11 is 0. The van der Waals surface area contributed by atoms with Crippen molar-refractivity contribution >= 4 is 11.7 Å². The molecule has 0 fully saturated rings. The van der Waals surface area contributed by atoms with E-state index in [4.69, 9.17) is 9.47 Å². The Labute approximate surface area is 135 Å². The van der Waals surface area contributed by atoms with Crippen LogP contribution >= 0.6 is 0 Å². The first kappa shape index (κ1) is 15.1. The Kier molecular flexibility index (Phi) is 4.61. The Morgan fingerprint density at radius 2 is 2.13 bits per heavy atom. The van der Waals surface area contributed by atoms with Crippen LogP contribution in [0.3, 0.4) is 0 Å². The van der Waals surface area contributed by atoms with Crippen LogP contribution in [0.5, 0.6) is 11.5 Å². The number of benzene rings is 1. The summed E-state index contributed by atoms with van der Waals surface area (Å²) in [6, 6.07) is 10.9. The van der Waals surface area contributed by atoms with E-state index in [1.54, 1.807) is 29.4 Å². The van der Waals surface area contributed by atoms with E-state index >= 15 is 0 Å². The quantitative estimate of drug-likeness (QED) is 0.942. The maximum absolute atomic E-state index is 12.4. The number of anilines is 1. The standard InChI is InChI=1S/C17H19N3O3/c1-2-20(17(21)19-13-6-5-9-18-10-13)11-14-12-22-15-7-3-4-8-16(15)23-14/h3-10,14H,2,11-12H2,1H3,(H,19,21)/t14-/m1/s1. The van der Waals surface area contributed by atoms with Crippen LogP contribution in [0.2, 0.25) is 0 Å². The van der Waals surface area contributed by atoms with E-state index in [-0.39, 0.29) is 12.1 Å². The summed E-state index contributed by atoms with van der Waals surface area (Å²) < 4.78 is 11.6. The maximum atomic E-state index is 12.4. The first-order chi connectivity index (χ1) is 11.3. The van der Waals surface area contributed by atoms with Crippen LogP contribution in [0.15, 0.2) is 48.8 Å². The molecule has 2 aromatic rings. The van der Waals surface area contributed by atoms with Crippen molar-refractivity contribution in [2.75, 3.05) is 25.0 Å². The molecule has 0 radical (unpaired) electrons. The van der Waals surface area contributed by atoms with Gasteiger partial charge in [-0.3, -0.25) is 4.98 Å². The first-order valence-electron chi connectivity index (χ1n) is 7.60. The molecule has 0 saturated heterocycles. The number of carbonyl (C=O) groups is 1. The van der Waals surface area contributed by atoms with Crippen LogP contribution in [0.4, 0.5) is 10.5 Å². The van der Waals surface area contributed by atoms with Crippen molar-refractivity contribution in [1.29, 1.82) is 0 Å². The van der Waals surface area contributed by atoms with Crippen LogP contribution in [0.1, 0.15) is 6.92 Å². The summed E-state index contributed by atoms with van der Waals surface area (Å²) in [7, 11) is 0. The zero-order valence-electron chi connectivity index (χ0n) is 12.9. The molecule has 2 heterocycles. The summed E-state index contributed by atoms with van der Waals surface area (Å²) in [5.74, 6) is 1.46.